The average molecular weight is 406 g/mol. The summed E-state index contributed by atoms with van der Waals surface area (Å²) in [6.07, 6.45) is 0.235. The Balaban J connectivity index is 1.48. The molecule has 1 aliphatic heterocycles. The number of sulfonamides is 1. The summed E-state index contributed by atoms with van der Waals surface area (Å²) >= 11 is 0. The number of hydrogen-bond acceptors (Lipinski definition) is 4. The predicted molar refractivity (Wildman–Crippen MR) is 103 cm³/mol. The summed E-state index contributed by atoms with van der Waals surface area (Å²) in [5.41, 5.74) is 1.14. The Hall–Kier alpha value is -2.45. The third kappa shape index (κ3) is 4.88. The first-order chi connectivity index (χ1) is 13.4. The van der Waals surface area contributed by atoms with Crippen molar-refractivity contribution in [2.24, 2.45) is 0 Å². The molecule has 8 heteroatoms. The van der Waals surface area contributed by atoms with Crippen molar-refractivity contribution < 1.29 is 22.3 Å². The van der Waals surface area contributed by atoms with Gasteiger partial charge in [0.1, 0.15) is 11.6 Å². The van der Waals surface area contributed by atoms with E-state index in [0.717, 1.165) is 17.7 Å². The molecule has 0 saturated carbocycles. The number of aryl methyl sites for hydroxylation is 1. The number of ether oxygens (including phenoxy) is 1. The van der Waals surface area contributed by atoms with Gasteiger partial charge in [0.25, 0.3) is 0 Å². The van der Waals surface area contributed by atoms with Crippen LogP contribution in [0.4, 0.5) is 4.39 Å². The number of nitrogens with zero attached hydrogens (tertiary/aromatic N) is 2. The van der Waals surface area contributed by atoms with Crippen LogP contribution in [0.1, 0.15) is 12.0 Å². The van der Waals surface area contributed by atoms with E-state index in [1.165, 1.54) is 16.4 Å². The molecule has 0 aliphatic carbocycles. The van der Waals surface area contributed by atoms with Gasteiger partial charge < -0.3 is 9.64 Å². The molecule has 0 N–H and O–H groups in total. The standard InChI is InChI=1S/C20H23FN2O4S/c1-16-2-6-18(7-3-16)27-15-10-20(24)22-11-13-23(14-12-22)28(25,26)19-8-4-17(21)5-9-19/h2-9H,10-15H2,1H3. The molecule has 0 radical (unpaired) electrons. The van der Waals surface area contributed by atoms with E-state index in [2.05, 4.69) is 0 Å². The van der Waals surface area contributed by atoms with Gasteiger partial charge in [0.2, 0.25) is 15.9 Å². The molecule has 2 aromatic rings. The second kappa shape index (κ2) is 8.70. The van der Waals surface area contributed by atoms with E-state index in [9.17, 15) is 17.6 Å². The molecule has 0 spiro atoms. The minimum Gasteiger partial charge on any atom is -0.493 e. The summed E-state index contributed by atoms with van der Waals surface area (Å²) in [5.74, 6) is 0.168. The summed E-state index contributed by atoms with van der Waals surface area (Å²) in [6.45, 7) is 3.33. The summed E-state index contributed by atoms with van der Waals surface area (Å²) in [7, 11) is -3.68. The van der Waals surface area contributed by atoms with Crippen LogP contribution in [-0.2, 0) is 14.8 Å². The van der Waals surface area contributed by atoms with Crippen molar-refractivity contribution in [1.82, 2.24) is 9.21 Å². The van der Waals surface area contributed by atoms with Gasteiger partial charge in [-0.1, -0.05) is 17.7 Å². The first-order valence-corrected chi connectivity index (χ1v) is 10.5. The van der Waals surface area contributed by atoms with Gasteiger partial charge in [-0.15, -0.1) is 0 Å². The van der Waals surface area contributed by atoms with E-state index in [4.69, 9.17) is 4.74 Å². The number of carbonyl (C=O) groups is 1. The van der Waals surface area contributed by atoms with Crippen molar-refractivity contribution in [1.29, 1.82) is 0 Å². The van der Waals surface area contributed by atoms with Crippen molar-refractivity contribution >= 4 is 15.9 Å². The number of amides is 1. The molecule has 150 valence electrons. The topological polar surface area (TPSA) is 66.9 Å². The number of rotatable bonds is 6. The maximum atomic E-state index is 13.0. The van der Waals surface area contributed by atoms with Crippen LogP contribution in [0, 0.1) is 12.7 Å². The van der Waals surface area contributed by atoms with Gasteiger partial charge in [-0.2, -0.15) is 4.31 Å². The zero-order valence-electron chi connectivity index (χ0n) is 15.7. The lowest BCUT2D eigenvalue weighted by Crippen LogP contribution is -2.50. The first-order valence-electron chi connectivity index (χ1n) is 9.09. The molecule has 0 unspecified atom stereocenters. The Morgan fingerprint density at radius 1 is 1.00 bits per heavy atom. The van der Waals surface area contributed by atoms with Crippen LogP contribution >= 0.6 is 0 Å². The Morgan fingerprint density at radius 3 is 2.21 bits per heavy atom. The minimum atomic E-state index is -3.68. The van der Waals surface area contributed by atoms with Crippen molar-refractivity contribution in [3.8, 4) is 5.75 Å². The molecule has 0 bridgehead atoms. The van der Waals surface area contributed by atoms with Gasteiger partial charge in [0.15, 0.2) is 0 Å². The van der Waals surface area contributed by atoms with Gasteiger partial charge >= 0.3 is 0 Å². The molecule has 28 heavy (non-hydrogen) atoms. The van der Waals surface area contributed by atoms with E-state index in [-0.39, 0.29) is 36.9 Å². The Labute approximate surface area is 164 Å². The maximum Gasteiger partial charge on any atom is 0.243 e. The van der Waals surface area contributed by atoms with Crippen molar-refractivity contribution in [2.45, 2.75) is 18.2 Å². The van der Waals surface area contributed by atoms with Gasteiger partial charge in [-0.05, 0) is 43.3 Å². The second-order valence-corrected chi connectivity index (χ2v) is 8.59. The van der Waals surface area contributed by atoms with Crippen LogP contribution in [0.2, 0.25) is 0 Å². The maximum absolute atomic E-state index is 13.0. The van der Waals surface area contributed by atoms with Crippen molar-refractivity contribution in [3.05, 3.63) is 59.9 Å². The van der Waals surface area contributed by atoms with E-state index in [0.29, 0.717) is 18.8 Å². The highest BCUT2D eigenvalue weighted by molar-refractivity contribution is 7.89. The molecule has 1 aliphatic rings. The zero-order chi connectivity index (χ0) is 20.1. The van der Waals surface area contributed by atoms with E-state index < -0.39 is 15.8 Å². The normalized spacial score (nSPS) is 15.4. The number of carbonyl (C=O) groups excluding carboxylic acids is 1. The van der Waals surface area contributed by atoms with Gasteiger partial charge in [-0.25, -0.2) is 12.8 Å². The zero-order valence-corrected chi connectivity index (χ0v) is 16.5. The lowest BCUT2D eigenvalue weighted by atomic mass is 10.2. The van der Waals surface area contributed by atoms with E-state index >= 15 is 0 Å². The van der Waals surface area contributed by atoms with Crippen LogP contribution in [0.3, 0.4) is 0 Å². The fourth-order valence-electron chi connectivity index (χ4n) is 2.98. The van der Waals surface area contributed by atoms with Crippen LogP contribution < -0.4 is 4.74 Å². The average Bonchev–Trinajstić information content (AvgIpc) is 2.70. The Morgan fingerprint density at radius 2 is 1.61 bits per heavy atom. The molecule has 6 nitrogen and oxygen atoms in total. The van der Waals surface area contributed by atoms with Crippen LogP contribution in [0.5, 0.6) is 5.75 Å². The van der Waals surface area contributed by atoms with Crippen molar-refractivity contribution in [2.75, 3.05) is 32.8 Å². The lowest BCUT2D eigenvalue weighted by molar-refractivity contribution is -0.132. The first kappa shape index (κ1) is 20.3. The monoisotopic (exact) mass is 406 g/mol. The van der Waals surface area contributed by atoms with Gasteiger partial charge in [-0.3, -0.25) is 4.79 Å². The lowest BCUT2D eigenvalue weighted by Gasteiger charge is -2.34. The van der Waals surface area contributed by atoms with Gasteiger partial charge in [0, 0.05) is 26.2 Å². The highest BCUT2D eigenvalue weighted by Gasteiger charge is 2.29. The molecule has 0 aromatic heterocycles. The summed E-state index contributed by atoms with van der Waals surface area (Å²) in [4.78, 5) is 14.0. The van der Waals surface area contributed by atoms with Crippen molar-refractivity contribution in [3.63, 3.8) is 0 Å². The smallest absolute Gasteiger partial charge is 0.243 e. The number of benzene rings is 2. The van der Waals surface area contributed by atoms with Crippen LogP contribution in [-0.4, -0.2) is 56.3 Å². The molecule has 1 heterocycles. The predicted octanol–water partition coefficient (Wildman–Crippen LogP) is 2.44. The summed E-state index contributed by atoms with van der Waals surface area (Å²) < 4.78 is 45.1. The minimum absolute atomic E-state index is 0.0557. The Bertz CT molecular complexity index is 906. The number of halogens is 1. The molecule has 1 saturated heterocycles. The molecule has 2 aromatic carbocycles. The van der Waals surface area contributed by atoms with Crippen LogP contribution in [0.25, 0.3) is 0 Å². The third-order valence-corrected chi connectivity index (χ3v) is 6.56. The molecular weight excluding hydrogens is 383 g/mol. The largest absolute Gasteiger partial charge is 0.493 e. The molecule has 1 amide bonds. The Kier molecular flexibility index (Phi) is 6.31. The quantitative estimate of drug-likeness (QED) is 0.739. The SMILES string of the molecule is Cc1ccc(OCCC(=O)N2CCN(S(=O)(=O)c3ccc(F)cc3)CC2)cc1. The molecule has 1 fully saturated rings. The van der Waals surface area contributed by atoms with E-state index in [1.54, 1.807) is 4.90 Å². The number of hydrogen-bond donors (Lipinski definition) is 0. The fourth-order valence-corrected chi connectivity index (χ4v) is 4.40. The highest BCUT2D eigenvalue weighted by atomic mass is 32.2. The third-order valence-electron chi connectivity index (χ3n) is 4.65. The van der Waals surface area contributed by atoms with Crippen LogP contribution in [0.15, 0.2) is 53.4 Å². The second-order valence-electron chi connectivity index (χ2n) is 6.65. The van der Waals surface area contributed by atoms with E-state index in [1.807, 2.05) is 31.2 Å². The number of piperazine rings is 1. The fraction of sp³-hybridized carbons (Fsp3) is 0.350. The molecule has 0 atom stereocenters. The molecule has 3 rings (SSSR count). The highest BCUT2D eigenvalue weighted by Crippen LogP contribution is 2.18. The summed E-state index contributed by atoms with van der Waals surface area (Å²) in [6, 6.07) is 12.4. The summed E-state index contributed by atoms with van der Waals surface area (Å²) in [5, 5.41) is 0. The van der Waals surface area contributed by atoms with Gasteiger partial charge in [0.05, 0.1) is 17.9 Å². The molecular formula is C20H23FN2O4S.